The van der Waals surface area contributed by atoms with E-state index in [1.165, 1.54) is 18.7 Å². The molecule has 0 bridgehead atoms. The zero-order valence-electron chi connectivity index (χ0n) is 15.7. The molecule has 0 aromatic carbocycles. The number of morpholine rings is 1. The fraction of sp³-hybridized carbons (Fsp3) is 0.632. The molecule has 2 heterocycles. The molecule has 3 rings (SSSR count). The van der Waals surface area contributed by atoms with Gasteiger partial charge in [0.15, 0.2) is 6.61 Å². The van der Waals surface area contributed by atoms with Crippen molar-refractivity contribution in [2.24, 2.45) is 0 Å². The summed E-state index contributed by atoms with van der Waals surface area (Å²) in [6.45, 7) is 3.43. The molecule has 1 aliphatic carbocycles. The second-order valence-corrected chi connectivity index (χ2v) is 8.00. The average molecular weight is 430 g/mol. The van der Waals surface area contributed by atoms with Crippen molar-refractivity contribution in [3.8, 4) is 0 Å². The molecule has 0 spiro atoms. The lowest BCUT2D eigenvalue weighted by molar-refractivity contribution is -0.125. The highest BCUT2D eigenvalue weighted by molar-refractivity contribution is 6.41. The molecule has 2 fully saturated rings. The van der Waals surface area contributed by atoms with Crippen LogP contribution in [0.25, 0.3) is 0 Å². The van der Waals surface area contributed by atoms with Crippen LogP contribution in [0.4, 0.5) is 0 Å². The minimum Gasteiger partial charge on any atom is -0.452 e. The number of rotatable bonds is 6. The molecule has 28 heavy (non-hydrogen) atoms. The minimum atomic E-state index is -0.665. The zero-order chi connectivity index (χ0) is 20.0. The van der Waals surface area contributed by atoms with Gasteiger partial charge in [-0.3, -0.25) is 9.69 Å². The van der Waals surface area contributed by atoms with Crippen LogP contribution < -0.4 is 5.32 Å². The molecule has 0 atom stereocenters. The van der Waals surface area contributed by atoms with E-state index < -0.39 is 5.97 Å². The van der Waals surface area contributed by atoms with Gasteiger partial charge in [-0.2, -0.15) is 0 Å². The van der Waals surface area contributed by atoms with Gasteiger partial charge in [0.1, 0.15) is 5.15 Å². The van der Waals surface area contributed by atoms with Crippen LogP contribution in [0.3, 0.4) is 0 Å². The third kappa shape index (κ3) is 5.35. The molecule has 2 aliphatic rings. The molecule has 154 valence electrons. The predicted octanol–water partition coefficient (Wildman–Crippen LogP) is 2.70. The normalized spacial score (nSPS) is 19.8. The standard InChI is InChI=1S/C19H25Cl2N3O4/c20-15-10-14(11-22-17(15)21)18(26)28-12-16(25)23-13-19(4-2-1-3-5-19)24-6-8-27-9-7-24/h10-11H,1-9,12-13H2,(H,23,25). The Kier molecular flexibility index (Phi) is 7.51. The smallest absolute Gasteiger partial charge is 0.340 e. The molecule has 0 radical (unpaired) electrons. The molecule has 9 heteroatoms. The summed E-state index contributed by atoms with van der Waals surface area (Å²) >= 11 is 11.6. The Morgan fingerprint density at radius 3 is 2.61 bits per heavy atom. The number of hydrogen-bond acceptors (Lipinski definition) is 6. The lowest BCUT2D eigenvalue weighted by Gasteiger charge is -2.48. The highest BCUT2D eigenvalue weighted by Crippen LogP contribution is 2.33. The van der Waals surface area contributed by atoms with Crippen LogP contribution in [-0.2, 0) is 14.3 Å². The van der Waals surface area contributed by atoms with Crippen molar-refractivity contribution in [1.82, 2.24) is 15.2 Å². The highest BCUT2D eigenvalue weighted by Gasteiger charge is 2.38. The Morgan fingerprint density at radius 1 is 1.21 bits per heavy atom. The van der Waals surface area contributed by atoms with E-state index in [-0.39, 0.29) is 33.8 Å². The largest absolute Gasteiger partial charge is 0.452 e. The topological polar surface area (TPSA) is 80.8 Å². The molecular weight excluding hydrogens is 405 g/mol. The van der Waals surface area contributed by atoms with E-state index in [2.05, 4.69) is 15.2 Å². The number of nitrogens with one attached hydrogen (secondary N) is 1. The van der Waals surface area contributed by atoms with Gasteiger partial charge < -0.3 is 14.8 Å². The average Bonchev–Trinajstić information content (AvgIpc) is 2.73. The lowest BCUT2D eigenvalue weighted by Crippen LogP contribution is -2.59. The van der Waals surface area contributed by atoms with E-state index in [1.54, 1.807) is 0 Å². The summed E-state index contributed by atoms with van der Waals surface area (Å²) in [7, 11) is 0. The van der Waals surface area contributed by atoms with Crippen molar-refractivity contribution in [1.29, 1.82) is 0 Å². The maximum Gasteiger partial charge on any atom is 0.340 e. The van der Waals surface area contributed by atoms with Crippen LogP contribution >= 0.6 is 23.2 Å². The van der Waals surface area contributed by atoms with Crippen molar-refractivity contribution in [3.63, 3.8) is 0 Å². The van der Waals surface area contributed by atoms with Gasteiger partial charge in [0.05, 0.1) is 23.8 Å². The molecule has 1 saturated carbocycles. The fourth-order valence-corrected chi connectivity index (χ4v) is 4.18. The third-order valence-corrected chi connectivity index (χ3v) is 6.13. The van der Waals surface area contributed by atoms with Crippen LogP contribution in [0, 0.1) is 0 Å². The van der Waals surface area contributed by atoms with Gasteiger partial charge in [0.2, 0.25) is 0 Å². The number of amides is 1. The second-order valence-electron chi connectivity index (χ2n) is 7.23. The molecule has 1 saturated heterocycles. The lowest BCUT2D eigenvalue weighted by atomic mass is 9.79. The number of hydrogen-bond donors (Lipinski definition) is 1. The summed E-state index contributed by atoms with van der Waals surface area (Å²) in [5.74, 6) is -0.985. The predicted molar refractivity (Wildman–Crippen MR) is 106 cm³/mol. The van der Waals surface area contributed by atoms with Crippen molar-refractivity contribution in [2.75, 3.05) is 39.5 Å². The Balaban J connectivity index is 1.51. The summed E-state index contributed by atoms with van der Waals surface area (Å²) in [6.07, 6.45) is 6.93. The van der Waals surface area contributed by atoms with Crippen LogP contribution in [0.1, 0.15) is 42.5 Å². The summed E-state index contributed by atoms with van der Waals surface area (Å²) < 4.78 is 10.6. The Labute approximate surface area is 174 Å². The number of ether oxygens (including phenoxy) is 2. The van der Waals surface area contributed by atoms with Crippen LogP contribution in [-0.4, -0.2) is 66.8 Å². The highest BCUT2D eigenvalue weighted by atomic mass is 35.5. The van der Waals surface area contributed by atoms with E-state index in [0.29, 0.717) is 6.54 Å². The van der Waals surface area contributed by atoms with Crippen molar-refractivity contribution in [3.05, 3.63) is 28.0 Å². The van der Waals surface area contributed by atoms with Gasteiger partial charge in [-0.1, -0.05) is 42.5 Å². The first-order valence-corrected chi connectivity index (χ1v) is 10.3. The summed E-state index contributed by atoms with van der Waals surface area (Å²) in [4.78, 5) is 30.6. The van der Waals surface area contributed by atoms with Crippen LogP contribution in [0.2, 0.25) is 10.2 Å². The van der Waals surface area contributed by atoms with E-state index in [9.17, 15) is 9.59 Å². The summed E-state index contributed by atoms with van der Waals surface area (Å²) in [6, 6.07) is 1.37. The van der Waals surface area contributed by atoms with Gasteiger partial charge in [-0.25, -0.2) is 9.78 Å². The molecule has 1 aliphatic heterocycles. The van der Waals surface area contributed by atoms with Crippen LogP contribution in [0.15, 0.2) is 12.3 Å². The molecule has 1 aromatic heterocycles. The number of aromatic nitrogens is 1. The van der Waals surface area contributed by atoms with E-state index in [1.807, 2.05) is 0 Å². The number of nitrogens with zero attached hydrogens (tertiary/aromatic N) is 2. The SMILES string of the molecule is O=C(COC(=O)c1cnc(Cl)c(Cl)c1)NCC1(N2CCOCC2)CCCCC1. The van der Waals surface area contributed by atoms with Gasteiger partial charge in [-0.15, -0.1) is 0 Å². The first-order chi connectivity index (χ1) is 13.5. The molecule has 7 nitrogen and oxygen atoms in total. The Morgan fingerprint density at radius 2 is 1.93 bits per heavy atom. The minimum absolute atomic E-state index is 0.0324. The van der Waals surface area contributed by atoms with E-state index in [0.717, 1.165) is 52.0 Å². The number of esters is 1. The van der Waals surface area contributed by atoms with Crippen molar-refractivity contribution in [2.45, 2.75) is 37.6 Å². The van der Waals surface area contributed by atoms with Gasteiger partial charge in [0, 0.05) is 31.4 Å². The number of carbonyl (C=O) groups is 2. The molecule has 1 aromatic rings. The Hall–Kier alpha value is -1.41. The fourth-order valence-electron chi connectivity index (χ4n) is 3.91. The number of carbonyl (C=O) groups excluding carboxylic acids is 2. The number of pyridine rings is 1. The third-order valence-electron chi connectivity index (χ3n) is 5.45. The number of halogens is 2. The van der Waals surface area contributed by atoms with Crippen LogP contribution in [0.5, 0.6) is 0 Å². The first kappa shape index (κ1) is 21.3. The molecular formula is C19H25Cl2N3O4. The second kappa shape index (κ2) is 9.87. The van der Waals surface area contributed by atoms with E-state index >= 15 is 0 Å². The summed E-state index contributed by atoms with van der Waals surface area (Å²) in [5, 5.41) is 3.22. The molecule has 0 unspecified atom stereocenters. The van der Waals surface area contributed by atoms with Crippen molar-refractivity contribution >= 4 is 35.1 Å². The molecule has 1 N–H and O–H groups in total. The molecule has 1 amide bonds. The van der Waals surface area contributed by atoms with Gasteiger partial charge in [0.25, 0.3) is 5.91 Å². The zero-order valence-corrected chi connectivity index (χ0v) is 17.2. The monoisotopic (exact) mass is 429 g/mol. The van der Waals surface area contributed by atoms with Gasteiger partial charge >= 0.3 is 5.97 Å². The quantitative estimate of drug-likeness (QED) is 0.552. The van der Waals surface area contributed by atoms with Gasteiger partial charge in [-0.05, 0) is 18.9 Å². The van der Waals surface area contributed by atoms with E-state index in [4.69, 9.17) is 32.7 Å². The first-order valence-electron chi connectivity index (χ1n) is 9.58. The summed E-state index contributed by atoms with van der Waals surface area (Å²) in [5.41, 5.74) is 0.120. The maximum atomic E-state index is 12.3. The Bertz CT molecular complexity index is 704. The van der Waals surface area contributed by atoms with Crippen molar-refractivity contribution < 1.29 is 19.1 Å². The maximum absolute atomic E-state index is 12.3.